The summed E-state index contributed by atoms with van der Waals surface area (Å²) in [7, 11) is 0. The number of carbonyl (C=O) groups is 1. The van der Waals surface area contributed by atoms with Crippen LogP contribution in [0.25, 0.3) is 6.08 Å². The lowest BCUT2D eigenvalue weighted by atomic mass is 10.0. The lowest BCUT2D eigenvalue weighted by Gasteiger charge is -2.08. The molecule has 0 atom stereocenters. The molecule has 0 saturated heterocycles. The molecule has 0 aliphatic rings. The first kappa shape index (κ1) is 16.0. The molecule has 0 bridgehead atoms. The van der Waals surface area contributed by atoms with E-state index in [1.54, 1.807) is 6.08 Å². The van der Waals surface area contributed by atoms with Crippen LogP contribution in [0.3, 0.4) is 0 Å². The SMILES string of the molecule is Cc1cccc(NC(=O)/C=C\c2ccc(C(C)C)cc2)c1C. The Kier molecular flexibility index (Phi) is 5.16. The Balaban J connectivity index is 2.03. The average molecular weight is 293 g/mol. The molecule has 2 aromatic rings. The van der Waals surface area contributed by atoms with Crippen LogP contribution in [0.4, 0.5) is 5.69 Å². The topological polar surface area (TPSA) is 29.1 Å². The molecule has 0 saturated carbocycles. The van der Waals surface area contributed by atoms with Gasteiger partial charge >= 0.3 is 0 Å². The van der Waals surface area contributed by atoms with Crippen molar-refractivity contribution in [3.05, 3.63) is 70.8 Å². The van der Waals surface area contributed by atoms with E-state index in [9.17, 15) is 4.79 Å². The molecule has 0 radical (unpaired) electrons. The molecule has 2 aromatic carbocycles. The molecule has 22 heavy (non-hydrogen) atoms. The summed E-state index contributed by atoms with van der Waals surface area (Å²) in [5.41, 5.74) is 5.47. The lowest BCUT2D eigenvalue weighted by molar-refractivity contribution is -0.111. The van der Waals surface area contributed by atoms with Gasteiger partial charge in [0.05, 0.1) is 0 Å². The van der Waals surface area contributed by atoms with Gasteiger partial charge in [-0.2, -0.15) is 0 Å². The number of aryl methyl sites for hydroxylation is 1. The van der Waals surface area contributed by atoms with Crippen molar-refractivity contribution in [3.63, 3.8) is 0 Å². The van der Waals surface area contributed by atoms with Crippen molar-refractivity contribution in [3.8, 4) is 0 Å². The lowest BCUT2D eigenvalue weighted by Crippen LogP contribution is -2.09. The molecule has 114 valence electrons. The Bertz CT molecular complexity index is 681. The fourth-order valence-corrected chi connectivity index (χ4v) is 2.22. The molecule has 2 nitrogen and oxygen atoms in total. The highest BCUT2D eigenvalue weighted by Gasteiger charge is 2.03. The average Bonchev–Trinajstić information content (AvgIpc) is 2.50. The molecule has 0 aromatic heterocycles. The number of nitrogens with one attached hydrogen (secondary N) is 1. The normalized spacial score (nSPS) is 11.1. The van der Waals surface area contributed by atoms with Gasteiger partial charge in [-0.3, -0.25) is 4.79 Å². The molecule has 1 amide bonds. The van der Waals surface area contributed by atoms with Crippen molar-refractivity contribution < 1.29 is 4.79 Å². The third-order valence-corrected chi connectivity index (χ3v) is 3.89. The Morgan fingerprint density at radius 1 is 1.05 bits per heavy atom. The van der Waals surface area contributed by atoms with E-state index in [1.807, 2.05) is 50.3 Å². The van der Waals surface area contributed by atoms with E-state index >= 15 is 0 Å². The molecule has 0 heterocycles. The Morgan fingerprint density at radius 3 is 2.36 bits per heavy atom. The molecule has 0 unspecified atom stereocenters. The molecule has 0 spiro atoms. The first-order valence-electron chi connectivity index (χ1n) is 7.62. The van der Waals surface area contributed by atoms with Crippen LogP contribution < -0.4 is 5.32 Å². The predicted molar refractivity (Wildman–Crippen MR) is 94.1 cm³/mol. The van der Waals surface area contributed by atoms with Gasteiger partial charge in [-0.25, -0.2) is 0 Å². The van der Waals surface area contributed by atoms with Gasteiger partial charge in [-0.15, -0.1) is 0 Å². The van der Waals surface area contributed by atoms with E-state index in [-0.39, 0.29) is 5.91 Å². The summed E-state index contributed by atoms with van der Waals surface area (Å²) in [4.78, 5) is 12.0. The van der Waals surface area contributed by atoms with Crippen molar-refractivity contribution in [2.24, 2.45) is 0 Å². The van der Waals surface area contributed by atoms with E-state index in [0.717, 1.165) is 16.8 Å². The van der Waals surface area contributed by atoms with Crippen LogP contribution in [0.1, 0.15) is 42.0 Å². The number of hydrogen-bond donors (Lipinski definition) is 1. The molecule has 0 fully saturated rings. The van der Waals surface area contributed by atoms with Crippen molar-refractivity contribution in [1.29, 1.82) is 0 Å². The highest BCUT2D eigenvalue weighted by Crippen LogP contribution is 2.18. The van der Waals surface area contributed by atoms with Crippen LogP contribution in [0.5, 0.6) is 0 Å². The van der Waals surface area contributed by atoms with E-state index in [2.05, 4.69) is 31.3 Å². The number of carbonyl (C=O) groups excluding carboxylic acids is 1. The summed E-state index contributed by atoms with van der Waals surface area (Å²) in [5, 5.41) is 2.93. The smallest absolute Gasteiger partial charge is 0.248 e. The second-order valence-corrected chi connectivity index (χ2v) is 5.89. The summed E-state index contributed by atoms with van der Waals surface area (Å²) in [6.07, 6.45) is 3.41. The van der Waals surface area contributed by atoms with Crippen molar-refractivity contribution >= 4 is 17.7 Å². The van der Waals surface area contributed by atoms with Crippen molar-refractivity contribution in [2.75, 3.05) is 5.32 Å². The van der Waals surface area contributed by atoms with Gasteiger partial charge in [0.1, 0.15) is 0 Å². The zero-order valence-electron chi connectivity index (χ0n) is 13.7. The first-order chi connectivity index (χ1) is 10.5. The zero-order valence-corrected chi connectivity index (χ0v) is 13.7. The van der Waals surface area contributed by atoms with Gasteiger partial charge in [0.25, 0.3) is 0 Å². The van der Waals surface area contributed by atoms with Crippen LogP contribution >= 0.6 is 0 Å². The zero-order chi connectivity index (χ0) is 16.1. The summed E-state index contributed by atoms with van der Waals surface area (Å²) in [6.45, 7) is 8.39. The van der Waals surface area contributed by atoms with Crippen LogP contribution in [0.2, 0.25) is 0 Å². The van der Waals surface area contributed by atoms with Crippen LogP contribution in [-0.4, -0.2) is 5.91 Å². The third kappa shape index (κ3) is 4.08. The number of rotatable bonds is 4. The molecule has 1 N–H and O–H groups in total. The summed E-state index contributed by atoms with van der Waals surface area (Å²) < 4.78 is 0. The van der Waals surface area contributed by atoms with Gasteiger partial charge in [0.2, 0.25) is 5.91 Å². The monoisotopic (exact) mass is 293 g/mol. The highest BCUT2D eigenvalue weighted by molar-refractivity contribution is 6.02. The molecule has 2 heteroatoms. The molecular weight excluding hydrogens is 270 g/mol. The van der Waals surface area contributed by atoms with Gasteiger partial charge < -0.3 is 5.32 Å². The summed E-state index contributed by atoms with van der Waals surface area (Å²) >= 11 is 0. The number of amides is 1. The molecule has 0 aliphatic carbocycles. The Labute approximate surface area is 132 Å². The molecule has 0 aliphatic heterocycles. The van der Waals surface area contributed by atoms with Crippen LogP contribution in [0.15, 0.2) is 48.5 Å². The number of benzene rings is 2. The second-order valence-electron chi connectivity index (χ2n) is 5.89. The van der Waals surface area contributed by atoms with E-state index in [0.29, 0.717) is 5.92 Å². The first-order valence-corrected chi connectivity index (χ1v) is 7.62. The number of anilines is 1. The minimum Gasteiger partial charge on any atom is -0.322 e. The fraction of sp³-hybridized carbons (Fsp3) is 0.250. The second kappa shape index (κ2) is 7.08. The van der Waals surface area contributed by atoms with Gasteiger partial charge in [-0.05, 0) is 54.2 Å². The largest absolute Gasteiger partial charge is 0.322 e. The van der Waals surface area contributed by atoms with Gasteiger partial charge in [0.15, 0.2) is 0 Å². The standard InChI is InChI=1S/C20H23NO/c1-14(2)18-11-8-17(9-12-18)10-13-20(22)21-19-7-5-6-15(3)16(19)4/h5-14H,1-4H3,(H,21,22)/b13-10-. The maximum Gasteiger partial charge on any atom is 0.248 e. The van der Waals surface area contributed by atoms with E-state index in [1.165, 1.54) is 11.1 Å². The highest BCUT2D eigenvalue weighted by atomic mass is 16.1. The molecular formula is C20H23NO. The van der Waals surface area contributed by atoms with Crippen molar-refractivity contribution in [1.82, 2.24) is 0 Å². The van der Waals surface area contributed by atoms with Gasteiger partial charge in [0, 0.05) is 11.8 Å². The quantitative estimate of drug-likeness (QED) is 0.783. The fourth-order valence-electron chi connectivity index (χ4n) is 2.22. The van der Waals surface area contributed by atoms with E-state index < -0.39 is 0 Å². The predicted octanol–water partition coefficient (Wildman–Crippen LogP) is 5.08. The minimum atomic E-state index is -0.110. The maximum atomic E-state index is 12.0. The third-order valence-electron chi connectivity index (χ3n) is 3.89. The van der Waals surface area contributed by atoms with Crippen LogP contribution in [0, 0.1) is 13.8 Å². The van der Waals surface area contributed by atoms with Crippen molar-refractivity contribution in [2.45, 2.75) is 33.6 Å². The summed E-state index contributed by atoms with van der Waals surface area (Å²) in [6, 6.07) is 14.2. The van der Waals surface area contributed by atoms with E-state index in [4.69, 9.17) is 0 Å². The van der Waals surface area contributed by atoms with Gasteiger partial charge in [-0.1, -0.05) is 50.2 Å². The number of hydrogen-bond acceptors (Lipinski definition) is 1. The van der Waals surface area contributed by atoms with Crippen LogP contribution in [-0.2, 0) is 4.79 Å². The Hall–Kier alpha value is -2.35. The minimum absolute atomic E-state index is 0.110. The summed E-state index contributed by atoms with van der Waals surface area (Å²) in [5.74, 6) is 0.409. The molecule has 2 rings (SSSR count). The maximum absolute atomic E-state index is 12.0. The Morgan fingerprint density at radius 2 is 1.73 bits per heavy atom.